The largest absolute Gasteiger partial charge is 0.481 e. The normalized spacial score (nSPS) is 13.7. The third-order valence-electron chi connectivity index (χ3n) is 4.21. The molecule has 2 aromatic rings. The summed E-state index contributed by atoms with van der Waals surface area (Å²) < 4.78 is 5.62. The van der Waals surface area contributed by atoms with Gasteiger partial charge in [-0.1, -0.05) is 13.8 Å². The zero-order valence-corrected chi connectivity index (χ0v) is 15.1. The number of carboxylic acids is 1. The number of carbonyl (C=O) groups is 2. The van der Waals surface area contributed by atoms with Crippen molar-refractivity contribution in [3.05, 3.63) is 28.3 Å². The van der Waals surface area contributed by atoms with Crippen LogP contribution in [0.2, 0.25) is 0 Å². The molecular formula is C17H22N2O4S. The Kier molecular flexibility index (Phi) is 5.43. The van der Waals surface area contributed by atoms with E-state index < -0.39 is 11.5 Å². The van der Waals surface area contributed by atoms with E-state index >= 15 is 0 Å². The maximum absolute atomic E-state index is 12.4. The van der Waals surface area contributed by atoms with Gasteiger partial charge in [0.25, 0.3) is 0 Å². The molecule has 0 fully saturated rings. The number of nitrogens with zero attached hydrogens (tertiary/aromatic N) is 1. The van der Waals surface area contributed by atoms with Crippen molar-refractivity contribution in [3.63, 3.8) is 0 Å². The Morgan fingerprint density at radius 1 is 1.46 bits per heavy atom. The number of oxazole rings is 1. The molecule has 0 aliphatic rings. The van der Waals surface area contributed by atoms with Gasteiger partial charge in [0.1, 0.15) is 5.76 Å². The Hall–Kier alpha value is -2.15. The van der Waals surface area contributed by atoms with Crippen LogP contribution in [0, 0.1) is 12.8 Å². The van der Waals surface area contributed by atoms with Gasteiger partial charge in [-0.05, 0) is 31.2 Å². The molecule has 0 spiro atoms. The van der Waals surface area contributed by atoms with Gasteiger partial charge in [0, 0.05) is 16.5 Å². The number of thiophene rings is 1. The lowest BCUT2D eigenvalue weighted by atomic mass is 9.85. The van der Waals surface area contributed by atoms with Crippen LogP contribution in [0.25, 0.3) is 11.5 Å². The van der Waals surface area contributed by atoms with E-state index in [0.29, 0.717) is 17.3 Å². The Morgan fingerprint density at radius 2 is 2.17 bits per heavy atom. The summed E-state index contributed by atoms with van der Waals surface area (Å²) in [6, 6.07) is 1.91. The first-order valence-electron chi connectivity index (χ1n) is 7.73. The summed E-state index contributed by atoms with van der Waals surface area (Å²) in [7, 11) is 0. The number of aromatic nitrogens is 1. The summed E-state index contributed by atoms with van der Waals surface area (Å²) in [4.78, 5) is 27.8. The van der Waals surface area contributed by atoms with Gasteiger partial charge in [-0.15, -0.1) is 0 Å². The van der Waals surface area contributed by atoms with Gasteiger partial charge in [-0.2, -0.15) is 11.3 Å². The van der Waals surface area contributed by atoms with Crippen LogP contribution in [0.3, 0.4) is 0 Å². The van der Waals surface area contributed by atoms with Crippen LogP contribution in [0.4, 0.5) is 0 Å². The highest BCUT2D eigenvalue weighted by molar-refractivity contribution is 7.08. The molecule has 2 heterocycles. The van der Waals surface area contributed by atoms with E-state index in [1.165, 1.54) is 0 Å². The lowest BCUT2D eigenvalue weighted by molar-refractivity contribution is -0.139. The molecule has 1 unspecified atom stereocenters. The van der Waals surface area contributed by atoms with Gasteiger partial charge in [0.15, 0.2) is 0 Å². The molecule has 0 aliphatic carbocycles. The van der Waals surface area contributed by atoms with E-state index in [4.69, 9.17) is 9.52 Å². The molecule has 130 valence electrons. The number of carbonyl (C=O) groups excluding carboxylic acids is 1. The molecule has 0 saturated heterocycles. The van der Waals surface area contributed by atoms with Gasteiger partial charge < -0.3 is 14.8 Å². The van der Waals surface area contributed by atoms with Crippen molar-refractivity contribution >= 4 is 23.2 Å². The minimum atomic E-state index is -0.941. The zero-order chi connectivity index (χ0) is 17.9. The molecule has 1 amide bonds. The van der Waals surface area contributed by atoms with Crippen molar-refractivity contribution in [2.75, 3.05) is 0 Å². The highest BCUT2D eigenvalue weighted by Gasteiger charge is 2.33. The van der Waals surface area contributed by atoms with Crippen molar-refractivity contribution in [2.45, 2.75) is 46.1 Å². The number of carboxylic acid groups (broad SMARTS) is 1. The van der Waals surface area contributed by atoms with E-state index in [-0.39, 0.29) is 24.7 Å². The van der Waals surface area contributed by atoms with E-state index in [0.717, 1.165) is 5.56 Å². The quantitative estimate of drug-likeness (QED) is 0.799. The smallest absolute Gasteiger partial charge is 0.305 e. The van der Waals surface area contributed by atoms with Gasteiger partial charge >= 0.3 is 5.97 Å². The number of hydrogen-bond donors (Lipinski definition) is 2. The summed E-state index contributed by atoms with van der Waals surface area (Å²) in [5.41, 5.74) is 0.638. The van der Waals surface area contributed by atoms with Gasteiger partial charge in [-0.25, -0.2) is 4.98 Å². The molecule has 1 atom stereocenters. The molecule has 0 radical (unpaired) electrons. The number of rotatable bonds is 7. The summed E-state index contributed by atoms with van der Waals surface area (Å²) in [5, 5.41) is 15.8. The Bertz CT molecular complexity index is 721. The van der Waals surface area contributed by atoms with Crippen LogP contribution < -0.4 is 5.32 Å². The van der Waals surface area contributed by atoms with Crippen molar-refractivity contribution < 1.29 is 19.1 Å². The molecule has 0 saturated carbocycles. The molecule has 0 aromatic carbocycles. The Labute approximate surface area is 144 Å². The van der Waals surface area contributed by atoms with E-state index in [9.17, 15) is 9.59 Å². The maximum Gasteiger partial charge on any atom is 0.305 e. The maximum atomic E-state index is 12.4. The fraction of sp³-hybridized carbons (Fsp3) is 0.471. The number of aliphatic carboxylic acids is 1. The Morgan fingerprint density at radius 3 is 2.71 bits per heavy atom. The van der Waals surface area contributed by atoms with E-state index in [1.807, 2.05) is 30.7 Å². The average Bonchev–Trinajstić information content (AvgIpc) is 3.08. The minimum absolute atomic E-state index is 0.0164. The van der Waals surface area contributed by atoms with Crippen LogP contribution in [0.15, 0.2) is 21.2 Å². The zero-order valence-electron chi connectivity index (χ0n) is 14.3. The van der Waals surface area contributed by atoms with Gasteiger partial charge in [-0.3, -0.25) is 9.59 Å². The van der Waals surface area contributed by atoms with Gasteiger partial charge in [0.2, 0.25) is 11.8 Å². The van der Waals surface area contributed by atoms with Crippen LogP contribution in [-0.2, 0) is 16.0 Å². The minimum Gasteiger partial charge on any atom is -0.481 e. The van der Waals surface area contributed by atoms with Crippen LogP contribution in [0.1, 0.15) is 38.6 Å². The van der Waals surface area contributed by atoms with Crippen molar-refractivity contribution in [2.24, 2.45) is 5.92 Å². The third kappa shape index (κ3) is 4.23. The topological polar surface area (TPSA) is 92.4 Å². The predicted octanol–water partition coefficient (Wildman–Crippen LogP) is 3.26. The lowest BCUT2D eigenvalue weighted by Gasteiger charge is -2.33. The summed E-state index contributed by atoms with van der Waals surface area (Å²) in [6.45, 7) is 7.29. The predicted molar refractivity (Wildman–Crippen MR) is 91.9 cm³/mol. The second kappa shape index (κ2) is 7.17. The SMILES string of the molecule is Cc1oc(-c2ccsc2)nc1CC(=O)NC(C)(CC(=O)O)C(C)C. The first-order chi connectivity index (χ1) is 11.2. The molecule has 6 nitrogen and oxygen atoms in total. The Balaban J connectivity index is 2.10. The second-order valence-corrected chi connectivity index (χ2v) is 7.18. The standard InChI is InChI=1S/C17H22N2O4S/c1-10(2)17(4,8-15(21)22)19-14(20)7-13-11(3)23-16(18-13)12-5-6-24-9-12/h5-6,9-10H,7-8H2,1-4H3,(H,19,20)(H,21,22). The van der Waals surface area contributed by atoms with Crippen molar-refractivity contribution in [1.29, 1.82) is 0 Å². The number of aryl methyl sites for hydroxylation is 1. The fourth-order valence-corrected chi connectivity index (χ4v) is 2.95. The monoisotopic (exact) mass is 350 g/mol. The number of nitrogens with one attached hydrogen (secondary N) is 1. The number of amides is 1. The highest BCUT2D eigenvalue weighted by atomic mass is 32.1. The third-order valence-corrected chi connectivity index (χ3v) is 4.89. The second-order valence-electron chi connectivity index (χ2n) is 6.40. The fourth-order valence-electron chi connectivity index (χ4n) is 2.32. The molecule has 0 bridgehead atoms. The lowest BCUT2D eigenvalue weighted by Crippen LogP contribution is -2.51. The molecule has 2 aromatic heterocycles. The molecule has 2 N–H and O–H groups in total. The van der Waals surface area contributed by atoms with Crippen LogP contribution in [-0.4, -0.2) is 27.5 Å². The average molecular weight is 350 g/mol. The van der Waals surface area contributed by atoms with E-state index in [2.05, 4.69) is 10.3 Å². The molecular weight excluding hydrogens is 328 g/mol. The first-order valence-corrected chi connectivity index (χ1v) is 8.67. The van der Waals surface area contributed by atoms with Crippen LogP contribution >= 0.6 is 11.3 Å². The van der Waals surface area contributed by atoms with Crippen LogP contribution in [0.5, 0.6) is 0 Å². The summed E-state index contributed by atoms with van der Waals surface area (Å²) in [5.74, 6) is -0.133. The van der Waals surface area contributed by atoms with Gasteiger partial charge in [0.05, 0.1) is 18.5 Å². The van der Waals surface area contributed by atoms with Crippen molar-refractivity contribution in [1.82, 2.24) is 10.3 Å². The molecule has 24 heavy (non-hydrogen) atoms. The van der Waals surface area contributed by atoms with Crippen molar-refractivity contribution in [3.8, 4) is 11.5 Å². The summed E-state index contributed by atoms with van der Waals surface area (Å²) in [6.07, 6.45) is -0.0737. The number of hydrogen-bond acceptors (Lipinski definition) is 5. The summed E-state index contributed by atoms with van der Waals surface area (Å²) >= 11 is 1.55. The highest BCUT2D eigenvalue weighted by Crippen LogP contribution is 2.25. The molecule has 7 heteroatoms. The molecule has 2 rings (SSSR count). The molecule has 0 aliphatic heterocycles. The first kappa shape index (κ1) is 18.2. The van der Waals surface area contributed by atoms with E-state index in [1.54, 1.807) is 25.2 Å².